The number of nitrogens with one attached hydrogen (secondary N) is 2. The fourth-order valence-electron chi connectivity index (χ4n) is 4.28. The van der Waals surface area contributed by atoms with Crippen molar-refractivity contribution in [3.8, 4) is 5.75 Å². The Bertz CT molecular complexity index is 1410. The molecule has 0 fully saturated rings. The lowest BCUT2D eigenvalue weighted by Crippen LogP contribution is -2.24. The highest BCUT2D eigenvalue weighted by molar-refractivity contribution is 8.01. The van der Waals surface area contributed by atoms with Gasteiger partial charge < -0.3 is 15.2 Å². The summed E-state index contributed by atoms with van der Waals surface area (Å²) in [6, 6.07) is 19.7. The third kappa shape index (κ3) is 4.88. The molecule has 188 valence electrons. The second kappa shape index (κ2) is 9.98. The van der Waals surface area contributed by atoms with Gasteiger partial charge in [-0.2, -0.15) is 0 Å². The van der Waals surface area contributed by atoms with E-state index in [0.717, 1.165) is 20.9 Å². The minimum absolute atomic E-state index is 0.0755. The molecule has 10 heteroatoms. The van der Waals surface area contributed by atoms with E-state index in [0.29, 0.717) is 23.4 Å². The van der Waals surface area contributed by atoms with Crippen molar-refractivity contribution in [2.45, 2.75) is 22.7 Å². The van der Waals surface area contributed by atoms with Crippen LogP contribution in [0.1, 0.15) is 37.9 Å². The quantitative estimate of drug-likeness (QED) is 0.243. The number of nitrogens with zero attached hydrogens (tertiary/aromatic N) is 1. The van der Waals surface area contributed by atoms with Crippen LogP contribution in [-0.4, -0.2) is 47.5 Å². The number of hydrogen-bond donors (Lipinski definition) is 3. The summed E-state index contributed by atoms with van der Waals surface area (Å²) in [5, 5.41) is 10.3. The maximum absolute atomic E-state index is 12.6. The van der Waals surface area contributed by atoms with Crippen molar-refractivity contribution in [1.82, 2.24) is 4.90 Å². The van der Waals surface area contributed by atoms with Gasteiger partial charge in [0.15, 0.2) is 6.10 Å². The molecule has 0 bridgehead atoms. The van der Waals surface area contributed by atoms with Crippen LogP contribution < -0.4 is 15.8 Å². The van der Waals surface area contributed by atoms with Gasteiger partial charge in [-0.1, -0.05) is 36.4 Å². The molecular formula is C27H24N4O5S. The predicted molar refractivity (Wildman–Crippen MR) is 139 cm³/mol. The van der Waals surface area contributed by atoms with Gasteiger partial charge in [-0.3, -0.25) is 25.2 Å². The van der Waals surface area contributed by atoms with Crippen LogP contribution in [0.5, 0.6) is 5.75 Å². The standard InChI is InChI=1S/C27H24N4O5S/c1-31-25(32)17-11-10-16(12-18(17)26(31)33)30-27(34)35-14-21(15-6-3-2-4-7-15)36-20-8-5-9-22-19(20)13-23(37-22)24(28)29/h2-12,21,23H,13-14H2,1H3,(H3,28,29)(H,30,34). The first-order chi connectivity index (χ1) is 17.8. The molecule has 0 spiro atoms. The summed E-state index contributed by atoms with van der Waals surface area (Å²) in [5.41, 5.74) is 8.40. The molecule has 4 N–H and O–H groups in total. The zero-order valence-corrected chi connectivity index (χ0v) is 20.7. The first-order valence-electron chi connectivity index (χ1n) is 11.6. The lowest BCUT2D eigenvalue weighted by molar-refractivity contribution is 0.0693. The molecule has 2 atom stereocenters. The van der Waals surface area contributed by atoms with Crippen LogP contribution in [-0.2, 0) is 11.2 Å². The van der Waals surface area contributed by atoms with Gasteiger partial charge in [0.25, 0.3) is 11.8 Å². The minimum Gasteiger partial charge on any atom is -0.482 e. The molecule has 0 saturated carbocycles. The molecule has 2 aliphatic heterocycles. The smallest absolute Gasteiger partial charge is 0.411 e. The fraction of sp³-hybridized carbons (Fsp3) is 0.185. The SMILES string of the molecule is CN1C(=O)c2ccc(NC(=O)OCC(Oc3cccc4c3CC(C(=N)N)S4)c3ccccc3)cc2C1=O. The van der Waals surface area contributed by atoms with Gasteiger partial charge in [-0.15, -0.1) is 11.8 Å². The van der Waals surface area contributed by atoms with Crippen LogP contribution in [0.4, 0.5) is 10.5 Å². The van der Waals surface area contributed by atoms with Crippen molar-refractivity contribution in [2.24, 2.45) is 5.73 Å². The number of rotatable bonds is 7. The van der Waals surface area contributed by atoms with E-state index in [2.05, 4.69) is 5.32 Å². The predicted octanol–water partition coefficient (Wildman–Crippen LogP) is 4.23. The van der Waals surface area contributed by atoms with E-state index in [1.54, 1.807) is 6.07 Å². The van der Waals surface area contributed by atoms with Gasteiger partial charge in [0.1, 0.15) is 18.2 Å². The van der Waals surface area contributed by atoms with Gasteiger partial charge >= 0.3 is 6.09 Å². The Labute approximate surface area is 217 Å². The number of imide groups is 1. The van der Waals surface area contributed by atoms with Crippen molar-refractivity contribution in [1.29, 1.82) is 5.41 Å². The number of fused-ring (bicyclic) bond motifs is 2. The number of carbonyl (C=O) groups excluding carboxylic acids is 3. The minimum atomic E-state index is -0.722. The highest BCUT2D eigenvalue weighted by Crippen LogP contribution is 2.42. The van der Waals surface area contributed by atoms with Crippen LogP contribution in [0, 0.1) is 5.41 Å². The van der Waals surface area contributed by atoms with Crippen LogP contribution in [0.25, 0.3) is 0 Å². The summed E-state index contributed by atoms with van der Waals surface area (Å²) >= 11 is 1.54. The Kier molecular flexibility index (Phi) is 6.58. The summed E-state index contributed by atoms with van der Waals surface area (Å²) in [5.74, 6) is -0.0268. The van der Waals surface area contributed by atoms with Crippen molar-refractivity contribution < 1.29 is 23.9 Å². The number of amides is 3. The van der Waals surface area contributed by atoms with E-state index < -0.39 is 18.1 Å². The van der Waals surface area contributed by atoms with E-state index >= 15 is 0 Å². The molecule has 3 aromatic carbocycles. The van der Waals surface area contributed by atoms with E-state index in [-0.39, 0.29) is 29.2 Å². The molecule has 0 saturated heterocycles. The Morgan fingerprint density at radius 2 is 1.86 bits per heavy atom. The maximum atomic E-state index is 12.6. The summed E-state index contributed by atoms with van der Waals surface area (Å²) < 4.78 is 11.9. The Hall–Kier alpha value is -4.31. The van der Waals surface area contributed by atoms with Gasteiger partial charge in [0.2, 0.25) is 0 Å². The van der Waals surface area contributed by atoms with E-state index in [9.17, 15) is 14.4 Å². The molecule has 0 radical (unpaired) electrons. The zero-order chi connectivity index (χ0) is 26.1. The number of anilines is 1. The van der Waals surface area contributed by atoms with Crippen molar-refractivity contribution in [2.75, 3.05) is 19.0 Å². The molecule has 5 rings (SSSR count). The van der Waals surface area contributed by atoms with Crippen LogP contribution >= 0.6 is 11.8 Å². The lowest BCUT2D eigenvalue weighted by Gasteiger charge is -2.21. The Balaban J connectivity index is 1.30. The third-order valence-corrected chi connectivity index (χ3v) is 7.58. The summed E-state index contributed by atoms with van der Waals surface area (Å²) in [4.78, 5) is 39.0. The number of benzene rings is 3. The van der Waals surface area contributed by atoms with Crippen LogP contribution in [0.15, 0.2) is 71.6 Å². The highest BCUT2D eigenvalue weighted by Gasteiger charge is 2.33. The van der Waals surface area contributed by atoms with Gasteiger partial charge in [0, 0.05) is 23.2 Å². The van der Waals surface area contributed by atoms with Crippen molar-refractivity contribution >= 4 is 41.2 Å². The number of thioether (sulfide) groups is 1. The normalized spacial score (nSPS) is 16.7. The molecule has 37 heavy (non-hydrogen) atoms. The van der Waals surface area contributed by atoms with Gasteiger partial charge in [0.05, 0.1) is 16.4 Å². The number of amidine groups is 1. The second-order valence-electron chi connectivity index (χ2n) is 8.67. The Morgan fingerprint density at radius 3 is 2.62 bits per heavy atom. The van der Waals surface area contributed by atoms with E-state index in [1.165, 1.54) is 30.9 Å². The fourth-order valence-corrected chi connectivity index (χ4v) is 5.45. The molecule has 2 heterocycles. The average Bonchev–Trinajstić information content (AvgIpc) is 3.43. The molecule has 2 aliphatic rings. The number of ether oxygens (including phenoxy) is 2. The van der Waals surface area contributed by atoms with Crippen LogP contribution in [0.3, 0.4) is 0 Å². The molecule has 2 unspecified atom stereocenters. The number of nitrogens with two attached hydrogens (primary N) is 1. The van der Waals surface area contributed by atoms with E-state index in [1.807, 2.05) is 48.5 Å². The summed E-state index contributed by atoms with van der Waals surface area (Å²) in [6.07, 6.45) is -0.726. The number of hydrogen-bond acceptors (Lipinski definition) is 7. The summed E-state index contributed by atoms with van der Waals surface area (Å²) in [6.45, 7) is -0.0755. The van der Waals surface area contributed by atoms with Gasteiger partial charge in [-0.05, 0) is 42.3 Å². The maximum Gasteiger partial charge on any atom is 0.411 e. The average molecular weight is 517 g/mol. The Morgan fingerprint density at radius 1 is 1.11 bits per heavy atom. The topological polar surface area (TPSA) is 135 Å². The first-order valence-corrected chi connectivity index (χ1v) is 12.4. The van der Waals surface area contributed by atoms with Crippen molar-refractivity contribution in [3.63, 3.8) is 0 Å². The molecule has 3 amide bonds. The molecule has 9 nitrogen and oxygen atoms in total. The molecule has 0 aromatic heterocycles. The molecule has 3 aromatic rings. The lowest BCUT2D eigenvalue weighted by atomic mass is 10.1. The number of carbonyl (C=O) groups is 3. The monoisotopic (exact) mass is 516 g/mol. The van der Waals surface area contributed by atoms with Crippen molar-refractivity contribution in [3.05, 3.63) is 89.0 Å². The molecule has 0 aliphatic carbocycles. The molecular weight excluding hydrogens is 492 g/mol. The highest BCUT2D eigenvalue weighted by atomic mass is 32.2. The zero-order valence-electron chi connectivity index (χ0n) is 19.9. The second-order valence-corrected chi connectivity index (χ2v) is 9.91. The first kappa shape index (κ1) is 24.4. The summed E-state index contributed by atoms with van der Waals surface area (Å²) in [7, 11) is 1.41. The van der Waals surface area contributed by atoms with Crippen LogP contribution in [0.2, 0.25) is 0 Å². The van der Waals surface area contributed by atoms with E-state index in [4.69, 9.17) is 20.6 Å². The van der Waals surface area contributed by atoms with Gasteiger partial charge in [-0.25, -0.2) is 4.79 Å². The third-order valence-electron chi connectivity index (χ3n) is 6.24. The largest absolute Gasteiger partial charge is 0.482 e.